The number of thioether (sulfide) groups is 1. The first-order valence-electron chi connectivity index (χ1n) is 8.57. The molecule has 138 valence electrons. The zero-order valence-electron chi connectivity index (χ0n) is 15.4. The Morgan fingerprint density at radius 3 is 2.63 bits per heavy atom. The maximum atomic E-state index is 12.9. The first-order valence-corrected chi connectivity index (χ1v) is 9.79. The Kier molecular flexibility index (Phi) is 5.77. The summed E-state index contributed by atoms with van der Waals surface area (Å²) in [6.45, 7) is 5.63. The third kappa shape index (κ3) is 4.28. The minimum absolute atomic E-state index is 0.236. The number of carbonyl (C=O) groups excluding carboxylic acids is 2. The molecule has 0 spiro atoms. The smallest absolute Gasteiger partial charge is 0.266 e. The lowest BCUT2D eigenvalue weighted by molar-refractivity contribution is -0.129. The molecule has 3 rings (SSSR count). The lowest BCUT2D eigenvalue weighted by Crippen LogP contribution is -2.44. The average molecular weight is 397 g/mol. The van der Waals surface area contributed by atoms with Crippen LogP contribution in [0.25, 0.3) is 6.08 Å². The molecule has 0 aromatic heterocycles. The first-order chi connectivity index (χ1) is 12.9. The predicted octanol–water partition coefficient (Wildman–Crippen LogP) is 4.53. The number of amides is 2. The molecule has 1 N–H and O–H groups in total. The summed E-state index contributed by atoms with van der Waals surface area (Å²) in [5.74, 6) is -0.505. The molecule has 0 saturated carbocycles. The van der Waals surface area contributed by atoms with Gasteiger partial charge < -0.3 is 5.32 Å². The second-order valence-corrected chi connectivity index (χ2v) is 8.12. The monoisotopic (exact) mass is 396 g/mol. The largest absolute Gasteiger partial charge is 0.324 e. The van der Waals surface area contributed by atoms with Crippen molar-refractivity contribution in [2.45, 2.75) is 26.8 Å². The van der Waals surface area contributed by atoms with Crippen LogP contribution in [0, 0.1) is 13.8 Å². The fraction of sp³-hybridized carbons (Fsp3) is 0.190. The van der Waals surface area contributed by atoms with Gasteiger partial charge in [-0.3, -0.25) is 14.5 Å². The summed E-state index contributed by atoms with van der Waals surface area (Å²) in [7, 11) is 0. The number of anilines is 1. The zero-order chi connectivity index (χ0) is 19.6. The number of nitrogens with one attached hydrogen (secondary N) is 1. The molecular weight excluding hydrogens is 376 g/mol. The zero-order valence-corrected chi connectivity index (χ0v) is 17.0. The van der Waals surface area contributed by atoms with Crippen LogP contribution >= 0.6 is 24.0 Å². The van der Waals surface area contributed by atoms with E-state index in [1.807, 2.05) is 68.5 Å². The van der Waals surface area contributed by atoms with Crippen LogP contribution < -0.4 is 5.32 Å². The summed E-state index contributed by atoms with van der Waals surface area (Å²) in [4.78, 5) is 27.4. The standard InChI is InChI=1S/C21H20N2O2S2/c1-13-7-6-10-17(11-13)22-19(24)15(3)23-20(25)18(27-21(23)26)12-16-9-5-4-8-14(16)2/h4-12,15H,1-3H3,(H,22,24)/b18-12-. The van der Waals surface area contributed by atoms with E-state index in [0.717, 1.165) is 16.7 Å². The van der Waals surface area contributed by atoms with Crippen molar-refractivity contribution in [1.29, 1.82) is 0 Å². The molecule has 1 saturated heterocycles. The molecule has 0 bridgehead atoms. The van der Waals surface area contributed by atoms with E-state index in [-0.39, 0.29) is 11.8 Å². The van der Waals surface area contributed by atoms with Crippen molar-refractivity contribution in [3.05, 3.63) is 70.1 Å². The van der Waals surface area contributed by atoms with E-state index < -0.39 is 6.04 Å². The van der Waals surface area contributed by atoms with Crippen LogP contribution in [-0.4, -0.2) is 27.1 Å². The highest BCUT2D eigenvalue weighted by Gasteiger charge is 2.38. The molecule has 2 aromatic rings. The quantitative estimate of drug-likeness (QED) is 0.609. The highest BCUT2D eigenvalue weighted by molar-refractivity contribution is 8.26. The molecule has 1 unspecified atom stereocenters. The first kappa shape index (κ1) is 19.3. The van der Waals surface area contributed by atoms with Crippen molar-refractivity contribution in [2.24, 2.45) is 0 Å². The molecule has 1 heterocycles. The molecule has 1 fully saturated rings. The summed E-state index contributed by atoms with van der Waals surface area (Å²) < 4.78 is 0.395. The van der Waals surface area contributed by atoms with E-state index in [2.05, 4.69) is 5.32 Å². The van der Waals surface area contributed by atoms with Crippen LogP contribution in [0.4, 0.5) is 5.69 Å². The van der Waals surface area contributed by atoms with Crippen molar-refractivity contribution >= 4 is 51.9 Å². The van der Waals surface area contributed by atoms with E-state index in [1.54, 1.807) is 6.92 Å². The molecule has 0 radical (unpaired) electrons. The van der Waals surface area contributed by atoms with Crippen molar-refractivity contribution in [2.75, 3.05) is 5.32 Å². The van der Waals surface area contributed by atoms with Crippen molar-refractivity contribution in [3.63, 3.8) is 0 Å². The van der Waals surface area contributed by atoms with Crippen LogP contribution in [0.3, 0.4) is 0 Å². The Morgan fingerprint density at radius 2 is 1.93 bits per heavy atom. The molecule has 2 amide bonds. The highest BCUT2D eigenvalue weighted by Crippen LogP contribution is 2.34. The number of benzene rings is 2. The Hall–Kier alpha value is -2.44. The van der Waals surface area contributed by atoms with Gasteiger partial charge in [-0.25, -0.2) is 0 Å². The van der Waals surface area contributed by atoms with Crippen LogP contribution in [0.15, 0.2) is 53.4 Å². The van der Waals surface area contributed by atoms with E-state index in [9.17, 15) is 9.59 Å². The van der Waals surface area contributed by atoms with E-state index >= 15 is 0 Å². The van der Waals surface area contributed by atoms with Crippen molar-refractivity contribution < 1.29 is 9.59 Å². The van der Waals surface area contributed by atoms with Crippen LogP contribution in [-0.2, 0) is 9.59 Å². The molecule has 27 heavy (non-hydrogen) atoms. The van der Waals surface area contributed by atoms with Gasteiger partial charge in [0.15, 0.2) is 0 Å². The molecular formula is C21H20N2O2S2. The second kappa shape index (κ2) is 8.06. The van der Waals surface area contributed by atoms with Gasteiger partial charge in [-0.2, -0.15) is 0 Å². The van der Waals surface area contributed by atoms with Crippen molar-refractivity contribution in [1.82, 2.24) is 4.90 Å². The number of carbonyl (C=O) groups is 2. The van der Waals surface area contributed by atoms with Crippen LogP contribution in [0.5, 0.6) is 0 Å². The third-order valence-corrected chi connectivity index (χ3v) is 5.68. The van der Waals surface area contributed by atoms with Gasteiger partial charge in [0.1, 0.15) is 10.4 Å². The maximum Gasteiger partial charge on any atom is 0.266 e. The summed E-state index contributed by atoms with van der Waals surface area (Å²) in [6, 6.07) is 14.7. The molecule has 1 aliphatic rings. The van der Waals surface area contributed by atoms with Gasteiger partial charge in [0, 0.05) is 5.69 Å². The maximum absolute atomic E-state index is 12.9. The normalized spacial score (nSPS) is 16.7. The van der Waals surface area contributed by atoms with Gasteiger partial charge >= 0.3 is 0 Å². The van der Waals surface area contributed by atoms with Gasteiger partial charge in [-0.15, -0.1) is 0 Å². The molecule has 4 nitrogen and oxygen atoms in total. The van der Waals surface area contributed by atoms with E-state index in [1.165, 1.54) is 16.7 Å². The van der Waals surface area contributed by atoms with Crippen LogP contribution in [0.2, 0.25) is 0 Å². The number of hydrogen-bond donors (Lipinski definition) is 1. The summed E-state index contributed by atoms with van der Waals surface area (Å²) in [5, 5.41) is 2.85. The number of hydrogen-bond acceptors (Lipinski definition) is 4. The number of thiocarbonyl (C=S) groups is 1. The van der Waals surface area contributed by atoms with E-state index in [4.69, 9.17) is 12.2 Å². The summed E-state index contributed by atoms with van der Waals surface area (Å²) in [6.07, 6.45) is 1.83. The van der Waals surface area contributed by atoms with Gasteiger partial charge in [0.2, 0.25) is 5.91 Å². The third-order valence-electron chi connectivity index (χ3n) is 4.35. The summed E-state index contributed by atoms with van der Waals surface area (Å²) in [5.41, 5.74) is 3.79. The van der Waals surface area contributed by atoms with Crippen molar-refractivity contribution in [3.8, 4) is 0 Å². The van der Waals surface area contributed by atoms with Gasteiger partial charge in [0.25, 0.3) is 5.91 Å². The lowest BCUT2D eigenvalue weighted by Gasteiger charge is -2.22. The van der Waals surface area contributed by atoms with Gasteiger partial charge in [-0.1, -0.05) is 60.4 Å². The topological polar surface area (TPSA) is 49.4 Å². The number of rotatable bonds is 4. The molecule has 0 aliphatic carbocycles. The lowest BCUT2D eigenvalue weighted by atomic mass is 10.1. The molecule has 2 aromatic carbocycles. The van der Waals surface area contributed by atoms with E-state index in [0.29, 0.717) is 14.9 Å². The SMILES string of the molecule is Cc1cccc(NC(=O)C(C)N2C(=O)/C(=C/c3ccccc3C)SC2=S)c1. The minimum Gasteiger partial charge on any atom is -0.324 e. The Labute approximate surface area is 168 Å². The minimum atomic E-state index is -0.694. The number of aryl methyl sites for hydroxylation is 2. The molecule has 6 heteroatoms. The van der Waals surface area contributed by atoms with Gasteiger partial charge in [-0.05, 0) is 55.7 Å². The average Bonchev–Trinajstić information content (AvgIpc) is 2.90. The fourth-order valence-corrected chi connectivity index (χ4v) is 4.20. The van der Waals surface area contributed by atoms with Crippen LogP contribution in [0.1, 0.15) is 23.6 Å². The Morgan fingerprint density at radius 1 is 1.19 bits per heavy atom. The summed E-state index contributed by atoms with van der Waals surface area (Å²) >= 11 is 6.60. The Balaban J connectivity index is 1.78. The predicted molar refractivity (Wildman–Crippen MR) is 115 cm³/mol. The Bertz CT molecular complexity index is 953. The highest BCUT2D eigenvalue weighted by atomic mass is 32.2. The molecule has 1 atom stereocenters. The molecule has 1 aliphatic heterocycles. The number of nitrogens with zero attached hydrogens (tertiary/aromatic N) is 1. The van der Waals surface area contributed by atoms with Gasteiger partial charge in [0.05, 0.1) is 4.91 Å². The second-order valence-electron chi connectivity index (χ2n) is 6.44. The fourth-order valence-electron chi connectivity index (χ4n) is 2.79.